The van der Waals surface area contributed by atoms with Crippen LogP contribution in [0, 0.1) is 17.2 Å². The molecule has 0 aliphatic carbocycles. The fraction of sp³-hybridized carbons (Fsp3) is 0.917. The molecule has 0 bridgehead atoms. The van der Waals surface area contributed by atoms with E-state index < -0.39 is 0 Å². The topological polar surface area (TPSA) is 45.5 Å². The first kappa shape index (κ1) is 15.4. The van der Waals surface area contributed by atoms with Gasteiger partial charge < -0.3 is 14.4 Å². The summed E-state index contributed by atoms with van der Waals surface area (Å²) in [5.74, 6) is 0.0719. The Morgan fingerprint density at radius 3 is 2.25 bits per heavy atom. The lowest BCUT2D eigenvalue weighted by Crippen LogP contribution is -2.29. The molecular formula is C12H24N2O2. The number of ether oxygens (including phenoxy) is 2. The molecule has 0 radical (unpaired) electrons. The van der Waals surface area contributed by atoms with Gasteiger partial charge in [-0.2, -0.15) is 5.26 Å². The molecule has 4 heteroatoms. The predicted molar refractivity (Wildman–Crippen MR) is 63.9 cm³/mol. The summed E-state index contributed by atoms with van der Waals surface area (Å²) in [6.07, 6.45) is 0.728. The van der Waals surface area contributed by atoms with Crippen LogP contribution in [0.5, 0.6) is 0 Å². The van der Waals surface area contributed by atoms with Crippen molar-refractivity contribution >= 4 is 0 Å². The van der Waals surface area contributed by atoms with Crippen LogP contribution in [-0.2, 0) is 9.47 Å². The summed E-state index contributed by atoms with van der Waals surface area (Å²) in [7, 11) is 2.02. The van der Waals surface area contributed by atoms with Gasteiger partial charge in [-0.15, -0.1) is 0 Å². The third-order valence-electron chi connectivity index (χ3n) is 2.26. The van der Waals surface area contributed by atoms with Crippen LogP contribution in [0.15, 0.2) is 0 Å². The van der Waals surface area contributed by atoms with Gasteiger partial charge in [-0.05, 0) is 27.8 Å². The third-order valence-corrected chi connectivity index (χ3v) is 2.26. The van der Waals surface area contributed by atoms with Crippen LogP contribution in [0.3, 0.4) is 0 Å². The second-order valence-electron chi connectivity index (χ2n) is 3.92. The van der Waals surface area contributed by atoms with Crippen LogP contribution in [-0.4, -0.2) is 44.5 Å². The van der Waals surface area contributed by atoms with E-state index in [1.807, 2.05) is 27.8 Å². The molecule has 0 amide bonds. The monoisotopic (exact) mass is 228 g/mol. The van der Waals surface area contributed by atoms with Crippen LogP contribution >= 0.6 is 0 Å². The highest BCUT2D eigenvalue weighted by Gasteiger charge is 2.10. The van der Waals surface area contributed by atoms with Crippen LogP contribution < -0.4 is 0 Å². The molecule has 94 valence electrons. The van der Waals surface area contributed by atoms with Crippen molar-refractivity contribution in [3.05, 3.63) is 0 Å². The van der Waals surface area contributed by atoms with Crippen molar-refractivity contribution in [1.29, 1.82) is 5.26 Å². The summed E-state index contributed by atoms with van der Waals surface area (Å²) < 4.78 is 10.9. The largest absolute Gasteiger partial charge is 0.353 e. The Hall–Kier alpha value is -0.630. The lowest BCUT2D eigenvalue weighted by Gasteiger charge is -2.22. The minimum absolute atomic E-state index is 0.0719. The van der Waals surface area contributed by atoms with Gasteiger partial charge in [0.2, 0.25) is 0 Å². The molecule has 1 atom stereocenters. The molecule has 0 N–H and O–H groups in total. The maximum Gasteiger partial charge on any atom is 0.158 e. The molecule has 0 saturated heterocycles. The van der Waals surface area contributed by atoms with E-state index in [9.17, 15) is 0 Å². The maximum atomic E-state index is 8.70. The number of rotatable bonds is 9. The van der Waals surface area contributed by atoms with E-state index in [0.29, 0.717) is 13.2 Å². The van der Waals surface area contributed by atoms with Gasteiger partial charge in [0.05, 0.1) is 12.0 Å². The van der Waals surface area contributed by atoms with Crippen LogP contribution in [0.25, 0.3) is 0 Å². The smallest absolute Gasteiger partial charge is 0.158 e. The molecular weight excluding hydrogens is 204 g/mol. The zero-order valence-corrected chi connectivity index (χ0v) is 10.9. The third kappa shape index (κ3) is 7.63. The normalized spacial score (nSPS) is 13.1. The van der Waals surface area contributed by atoms with Gasteiger partial charge in [-0.3, -0.25) is 0 Å². The van der Waals surface area contributed by atoms with Gasteiger partial charge in [0.1, 0.15) is 0 Å². The summed E-state index contributed by atoms with van der Waals surface area (Å²) in [6, 6.07) is 2.23. The van der Waals surface area contributed by atoms with Crippen molar-refractivity contribution < 1.29 is 9.47 Å². The van der Waals surface area contributed by atoms with Crippen molar-refractivity contribution in [2.45, 2.75) is 33.5 Å². The Morgan fingerprint density at radius 2 is 1.81 bits per heavy atom. The predicted octanol–water partition coefficient (Wildman–Crippen LogP) is 1.87. The second-order valence-corrected chi connectivity index (χ2v) is 3.92. The van der Waals surface area contributed by atoms with Gasteiger partial charge in [-0.1, -0.05) is 0 Å². The van der Waals surface area contributed by atoms with Crippen LogP contribution in [0.1, 0.15) is 27.2 Å². The molecule has 0 aromatic rings. The van der Waals surface area contributed by atoms with Crippen molar-refractivity contribution in [3.8, 4) is 6.07 Å². The molecule has 0 aliphatic heterocycles. The van der Waals surface area contributed by atoms with E-state index in [0.717, 1.165) is 19.5 Å². The molecule has 0 heterocycles. The maximum absolute atomic E-state index is 8.70. The van der Waals surface area contributed by atoms with Gasteiger partial charge in [0.25, 0.3) is 0 Å². The van der Waals surface area contributed by atoms with Crippen LogP contribution in [0.2, 0.25) is 0 Å². The lowest BCUT2D eigenvalue weighted by molar-refractivity contribution is -0.141. The van der Waals surface area contributed by atoms with E-state index in [4.69, 9.17) is 14.7 Å². The van der Waals surface area contributed by atoms with E-state index in [1.165, 1.54) is 0 Å². The van der Waals surface area contributed by atoms with Gasteiger partial charge >= 0.3 is 0 Å². The highest BCUT2D eigenvalue weighted by molar-refractivity contribution is 4.80. The Balaban J connectivity index is 3.77. The number of nitrogens with zero attached hydrogens (tertiary/aromatic N) is 2. The summed E-state index contributed by atoms with van der Waals surface area (Å²) in [5, 5.41) is 8.70. The Kier molecular flexibility index (Phi) is 9.21. The molecule has 0 aromatic carbocycles. The van der Waals surface area contributed by atoms with E-state index in [-0.39, 0.29) is 12.2 Å². The standard InChI is InChI=1S/C12H24N2O2/c1-5-15-12(16-6-2)7-8-14(4)10-11(3)9-13/h11-12H,5-8,10H2,1-4H3. The molecule has 0 aliphatic rings. The lowest BCUT2D eigenvalue weighted by atomic mass is 10.2. The Bertz CT molecular complexity index is 198. The highest BCUT2D eigenvalue weighted by atomic mass is 16.7. The Labute approximate surface area is 99.1 Å². The molecule has 4 nitrogen and oxygen atoms in total. The number of nitriles is 1. The summed E-state index contributed by atoms with van der Waals surface area (Å²) >= 11 is 0. The van der Waals surface area contributed by atoms with Gasteiger partial charge in [0.15, 0.2) is 6.29 Å². The molecule has 0 fully saturated rings. The summed E-state index contributed by atoms with van der Waals surface area (Å²) in [4.78, 5) is 2.14. The fourth-order valence-electron chi connectivity index (χ4n) is 1.51. The first-order valence-electron chi connectivity index (χ1n) is 5.95. The molecule has 0 saturated carbocycles. The molecule has 0 aromatic heterocycles. The molecule has 0 spiro atoms. The molecule has 0 rings (SSSR count). The van der Waals surface area contributed by atoms with E-state index in [1.54, 1.807) is 0 Å². The highest BCUT2D eigenvalue weighted by Crippen LogP contribution is 2.04. The average Bonchev–Trinajstić information content (AvgIpc) is 2.26. The van der Waals surface area contributed by atoms with Gasteiger partial charge in [-0.25, -0.2) is 0 Å². The average molecular weight is 228 g/mol. The van der Waals surface area contributed by atoms with E-state index >= 15 is 0 Å². The first-order chi connectivity index (χ1) is 7.63. The summed E-state index contributed by atoms with van der Waals surface area (Å²) in [6.45, 7) is 8.88. The molecule has 1 unspecified atom stereocenters. The molecule has 16 heavy (non-hydrogen) atoms. The van der Waals surface area contributed by atoms with Crippen molar-refractivity contribution in [2.24, 2.45) is 5.92 Å². The minimum Gasteiger partial charge on any atom is -0.353 e. The quantitative estimate of drug-likeness (QED) is 0.565. The van der Waals surface area contributed by atoms with Crippen molar-refractivity contribution in [3.63, 3.8) is 0 Å². The first-order valence-corrected chi connectivity index (χ1v) is 5.95. The van der Waals surface area contributed by atoms with Gasteiger partial charge in [0, 0.05) is 32.7 Å². The zero-order valence-electron chi connectivity index (χ0n) is 10.9. The van der Waals surface area contributed by atoms with Crippen LogP contribution in [0.4, 0.5) is 0 Å². The number of hydrogen-bond donors (Lipinski definition) is 0. The zero-order chi connectivity index (χ0) is 12.4. The van der Waals surface area contributed by atoms with E-state index in [2.05, 4.69) is 11.0 Å². The fourth-order valence-corrected chi connectivity index (χ4v) is 1.51. The van der Waals surface area contributed by atoms with Crippen molar-refractivity contribution in [1.82, 2.24) is 4.90 Å². The second kappa shape index (κ2) is 9.59. The SMILES string of the molecule is CCOC(CCN(C)CC(C)C#N)OCC. The van der Waals surface area contributed by atoms with Crippen molar-refractivity contribution in [2.75, 3.05) is 33.4 Å². The Morgan fingerprint density at radius 1 is 1.25 bits per heavy atom. The summed E-state index contributed by atoms with van der Waals surface area (Å²) in [5.41, 5.74) is 0. The number of hydrogen-bond acceptors (Lipinski definition) is 4. The minimum atomic E-state index is -0.116.